The minimum atomic E-state index is -0.497. The van der Waals surface area contributed by atoms with Gasteiger partial charge in [0.05, 0.1) is 0 Å². The van der Waals surface area contributed by atoms with Crippen LogP contribution >= 0.6 is 0 Å². The summed E-state index contributed by atoms with van der Waals surface area (Å²) in [6, 6.07) is 15.5. The fraction of sp³-hybridized carbons (Fsp3) is 0.440. The van der Waals surface area contributed by atoms with Crippen molar-refractivity contribution in [3.63, 3.8) is 0 Å². The molecule has 1 unspecified atom stereocenters. The number of aryl methyl sites for hydroxylation is 1. The van der Waals surface area contributed by atoms with Crippen LogP contribution in [0.1, 0.15) is 76.8 Å². The zero-order valence-corrected chi connectivity index (χ0v) is 17.7. The van der Waals surface area contributed by atoms with Crippen LogP contribution in [0.5, 0.6) is 0 Å². The predicted molar refractivity (Wildman–Crippen MR) is 118 cm³/mol. The van der Waals surface area contributed by atoms with Crippen molar-refractivity contribution >= 4 is 11.7 Å². The predicted octanol–water partition coefficient (Wildman–Crippen LogP) is 4.50. The molecule has 0 saturated carbocycles. The summed E-state index contributed by atoms with van der Waals surface area (Å²) in [4.78, 5) is 24.2. The molecule has 3 N–H and O–H groups in total. The number of hydrogen-bond donors (Lipinski definition) is 3. The van der Waals surface area contributed by atoms with Gasteiger partial charge in [-0.25, -0.2) is 5.48 Å². The molecule has 30 heavy (non-hydrogen) atoms. The zero-order valence-electron chi connectivity index (χ0n) is 17.7. The summed E-state index contributed by atoms with van der Waals surface area (Å²) < 4.78 is 0. The van der Waals surface area contributed by atoms with Gasteiger partial charge in [-0.15, -0.1) is 0 Å². The Hall–Kier alpha value is -2.50. The molecule has 5 heteroatoms. The molecule has 0 bridgehead atoms. The lowest BCUT2D eigenvalue weighted by Gasteiger charge is -2.17. The molecular weight excluding hydrogens is 376 g/mol. The standard InChI is InChI=1S/C25H32N2O3/c1-2-4-20(21-9-11-22(12-10-21)25(29)27-30)8-7-18-5-3-6-23(15-18)24(28)16-19-13-14-26-17-19/h3,5-6,9-12,15,19-20,26,30H,2,4,7-8,13-14,16-17H2,1H3,(H,27,29)/t19?,20-/m0/s1. The van der Waals surface area contributed by atoms with Crippen molar-refractivity contribution in [2.45, 2.75) is 51.4 Å². The third-order valence-electron chi connectivity index (χ3n) is 6.05. The molecule has 2 aromatic rings. The van der Waals surface area contributed by atoms with Gasteiger partial charge in [-0.2, -0.15) is 0 Å². The molecule has 1 heterocycles. The first-order chi connectivity index (χ1) is 14.6. The molecule has 2 aromatic carbocycles. The van der Waals surface area contributed by atoms with Crippen LogP contribution in [0.25, 0.3) is 0 Å². The largest absolute Gasteiger partial charge is 0.316 e. The van der Waals surface area contributed by atoms with Crippen LogP contribution in [0.3, 0.4) is 0 Å². The van der Waals surface area contributed by atoms with Crippen molar-refractivity contribution in [3.05, 3.63) is 70.8 Å². The van der Waals surface area contributed by atoms with Gasteiger partial charge in [0.2, 0.25) is 0 Å². The first-order valence-electron chi connectivity index (χ1n) is 11.0. The van der Waals surface area contributed by atoms with E-state index in [1.54, 1.807) is 17.6 Å². The number of hydroxylamine groups is 1. The first-order valence-corrected chi connectivity index (χ1v) is 11.0. The number of Topliss-reactive ketones (excluding diaryl/α,β-unsaturated/α-hetero) is 1. The lowest BCUT2D eigenvalue weighted by molar-refractivity contribution is 0.0706. The lowest BCUT2D eigenvalue weighted by Crippen LogP contribution is -2.18. The molecule has 1 saturated heterocycles. The van der Waals surface area contributed by atoms with Crippen molar-refractivity contribution in [1.29, 1.82) is 0 Å². The van der Waals surface area contributed by atoms with Crippen LogP contribution in [0.15, 0.2) is 48.5 Å². The topological polar surface area (TPSA) is 78.4 Å². The Kier molecular flexibility index (Phi) is 8.17. The van der Waals surface area contributed by atoms with E-state index in [0.29, 0.717) is 23.8 Å². The highest BCUT2D eigenvalue weighted by Gasteiger charge is 2.19. The SMILES string of the molecule is CCC[C@@H](CCc1cccc(C(=O)CC2CCNC2)c1)c1ccc(C(=O)NO)cc1. The second-order valence-electron chi connectivity index (χ2n) is 8.27. The van der Waals surface area contributed by atoms with Gasteiger partial charge in [-0.3, -0.25) is 14.8 Å². The maximum absolute atomic E-state index is 12.6. The van der Waals surface area contributed by atoms with Crippen molar-refractivity contribution in [2.75, 3.05) is 13.1 Å². The Morgan fingerprint density at radius 2 is 1.93 bits per heavy atom. The maximum atomic E-state index is 12.6. The Balaban J connectivity index is 1.63. The molecule has 0 aliphatic carbocycles. The van der Waals surface area contributed by atoms with Gasteiger partial charge in [-0.1, -0.05) is 43.7 Å². The number of amides is 1. The van der Waals surface area contributed by atoms with Crippen LogP contribution < -0.4 is 10.8 Å². The van der Waals surface area contributed by atoms with E-state index in [-0.39, 0.29) is 5.78 Å². The Labute approximate surface area is 178 Å². The van der Waals surface area contributed by atoms with E-state index in [0.717, 1.165) is 50.8 Å². The van der Waals surface area contributed by atoms with Gasteiger partial charge >= 0.3 is 0 Å². The Morgan fingerprint density at radius 3 is 2.60 bits per heavy atom. The number of carbonyl (C=O) groups excluding carboxylic acids is 2. The molecule has 0 spiro atoms. The van der Waals surface area contributed by atoms with Crippen molar-refractivity contribution in [2.24, 2.45) is 5.92 Å². The highest BCUT2D eigenvalue weighted by Crippen LogP contribution is 2.27. The van der Waals surface area contributed by atoms with E-state index in [1.807, 2.05) is 24.3 Å². The quantitative estimate of drug-likeness (QED) is 0.307. The minimum absolute atomic E-state index is 0.244. The molecule has 5 nitrogen and oxygen atoms in total. The fourth-order valence-electron chi connectivity index (χ4n) is 4.31. The van der Waals surface area contributed by atoms with E-state index in [2.05, 4.69) is 24.4 Å². The molecule has 1 aliphatic heterocycles. The average Bonchev–Trinajstić information content (AvgIpc) is 3.29. The molecule has 3 rings (SSSR count). The van der Waals surface area contributed by atoms with Gasteiger partial charge in [0, 0.05) is 17.5 Å². The smallest absolute Gasteiger partial charge is 0.274 e. The highest BCUT2D eigenvalue weighted by atomic mass is 16.5. The first kappa shape index (κ1) is 22.2. The summed E-state index contributed by atoms with van der Waals surface area (Å²) in [5.74, 6) is 0.605. The van der Waals surface area contributed by atoms with Gasteiger partial charge < -0.3 is 5.32 Å². The number of benzene rings is 2. The zero-order chi connectivity index (χ0) is 21.3. The number of hydrogen-bond acceptors (Lipinski definition) is 4. The van der Waals surface area contributed by atoms with Gasteiger partial charge in [0.25, 0.3) is 5.91 Å². The second kappa shape index (κ2) is 11.0. The van der Waals surface area contributed by atoms with E-state index in [4.69, 9.17) is 5.21 Å². The van der Waals surface area contributed by atoms with Crippen molar-refractivity contribution in [1.82, 2.24) is 10.8 Å². The summed E-state index contributed by atoms with van der Waals surface area (Å²) in [5.41, 5.74) is 5.34. The molecular formula is C25H32N2O3. The monoisotopic (exact) mass is 408 g/mol. The number of rotatable bonds is 10. The highest BCUT2D eigenvalue weighted by molar-refractivity contribution is 5.96. The van der Waals surface area contributed by atoms with Gasteiger partial charge in [-0.05, 0) is 79.9 Å². The van der Waals surface area contributed by atoms with E-state index >= 15 is 0 Å². The Bertz CT molecular complexity index is 842. The van der Waals surface area contributed by atoms with Crippen LogP contribution in [0, 0.1) is 5.92 Å². The average molecular weight is 409 g/mol. The third kappa shape index (κ3) is 6.00. The molecule has 1 amide bonds. The molecule has 160 valence electrons. The number of nitrogens with one attached hydrogen (secondary N) is 2. The maximum Gasteiger partial charge on any atom is 0.274 e. The van der Waals surface area contributed by atoms with E-state index < -0.39 is 5.91 Å². The Morgan fingerprint density at radius 1 is 1.13 bits per heavy atom. The van der Waals surface area contributed by atoms with Crippen LogP contribution in [-0.4, -0.2) is 30.0 Å². The van der Waals surface area contributed by atoms with E-state index in [1.165, 1.54) is 11.1 Å². The second-order valence-corrected chi connectivity index (χ2v) is 8.27. The third-order valence-corrected chi connectivity index (χ3v) is 6.05. The molecule has 1 aliphatic rings. The summed E-state index contributed by atoms with van der Waals surface area (Å²) in [5, 5.41) is 12.1. The molecule has 1 fully saturated rings. The fourth-order valence-corrected chi connectivity index (χ4v) is 4.31. The normalized spacial score (nSPS) is 16.9. The van der Waals surface area contributed by atoms with E-state index in [9.17, 15) is 9.59 Å². The summed E-state index contributed by atoms with van der Waals surface area (Å²) in [6.45, 7) is 4.14. The van der Waals surface area contributed by atoms with Crippen molar-refractivity contribution < 1.29 is 14.8 Å². The summed E-state index contributed by atoms with van der Waals surface area (Å²) in [6.07, 6.45) is 5.76. The van der Waals surface area contributed by atoms with Gasteiger partial charge in [0.1, 0.15) is 0 Å². The summed E-state index contributed by atoms with van der Waals surface area (Å²) >= 11 is 0. The van der Waals surface area contributed by atoms with Crippen LogP contribution in [0.2, 0.25) is 0 Å². The minimum Gasteiger partial charge on any atom is -0.316 e. The summed E-state index contributed by atoms with van der Waals surface area (Å²) in [7, 11) is 0. The van der Waals surface area contributed by atoms with Crippen molar-refractivity contribution in [3.8, 4) is 0 Å². The van der Waals surface area contributed by atoms with Gasteiger partial charge in [0.15, 0.2) is 5.78 Å². The lowest BCUT2D eigenvalue weighted by atomic mass is 9.88. The van der Waals surface area contributed by atoms with Crippen LogP contribution in [0.4, 0.5) is 0 Å². The van der Waals surface area contributed by atoms with Crippen LogP contribution in [-0.2, 0) is 6.42 Å². The molecule has 0 radical (unpaired) electrons. The molecule has 2 atom stereocenters. The number of ketones is 1. The number of carbonyl (C=O) groups is 2. The molecule has 0 aromatic heterocycles.